The van der Waals surface area contributed by atoms with Gasteiger partial charge in [0.2, 0.25) is 0 Å². The molecule has 0 radical (unpaired) electrons. The maximum atomic E-state index is 11.5. The van der Waals surface area contributed by atoms with Crippen LogP contribution in [0.3, 0.4) is 0 Å². The lowest BCUT2D eigenvalue weighted by molar-refractivity contribution is -0.138. The van der Waals surface area contributed by atoms with Crippen molar-refractivity contribution in [2.75, 3.05) is 6.26 Å². The SMILES string of the molecule is CSC1CCCC(NC(=O)NC(C)C(=O)O)C1. The van der Waals surface area contributed by atoms with Gasteiger partial charge in [0.05, 0.1) is 0 Å². The minimum absolute atomic E-state index is 0.169. The lowest BCUT2D eigenvalue weighted by Gasteiger charge is -2.28. The number of amides is 2. The Kier molecular flexibility index (Phi) is 5.61. The number of carboxylic acid groups (broad SMARTS) is 1. The van der Waals surface area contributed by atoms with E-state index in [0.717, 1.165) is 19.3 Å². The van der Waals surface area contributed by atoms with Gasteiger partial charge in [0.25, 0.3) is 0 Å². The standard InChI is InChI=1S/C11H20N2O3S/c1-7(10(14)15)12-11(16)13-8-4-3-5-9(6-8)17-2/h7-9H,3-6H2,1-2H3,(H,14,15)(H2,12,13,16). The van der Waals surface area contributed by atoms with Crippen LogP contribution in [0.25, 0.3) is 0 Å². The van der Waals surface area contributed by atoms with Crippen molar-refractivity contribution >= 4 is 23.8 Å². The van der Waals surface area contributed by atoms with Crippen molar-refractivity contribution in [2.24, 2.45) is 0 Å². The third kappa shape index (κ3) is 4.85. The number of carboxylic acids is 1. The van der Waals surface area contributed by atoms with Crippen molar-refractivity contribution in [1.29, 1.82) is 0 Å². The van der Waals surface area contributed by atoms with Crippen LogP contribution in [0.1, 0.15) is 32.6 Å². The fraction of sp³-hybridized carbons (Fsp3) is 0.818. The van der Waals surface area contributed by atoms with Crippen molar-refractivity contribution < 1.29 is 14.7 Å². The first-order valence-electron chi connectivity index (χ1n) is 5.85. The van der Waals surface area contributed by atoms with E-state index in [1.807, 2.05) is 11.8 Å². The highest BCUT2D eigenvalue weighted by molar-refractivity contribution is 7.99. The molecule has 0 heterocycles. The van der Waals surface area contributed by atoms with Crippen molar-refractivity contribution in [3.05, 3.63) is 0 Å². The fourth-order valence-electron chi connectivity index (χ4n) is 1.98. The van der Waals surface area contributed by atoms with Gasteiger partial charge in [-0.1, -0.05) is 6.42 Å². The molecule has 6 heteroatoms. The maximum Gasteiger partial charge on any atom is 0.325 e. The molecule has 0 aromatic carbocycles. The van der Waals surface area contributed by atoms with Crippen LogP contribution in [0.2, 0.25) is 0 Å². The van der Waals surface area contributed by atoms with Crippen LogP contribution in [0.15, 0.2) is 0 Å². The summed E-state index contributed by atoms with van der Waals surface area (Å²) in [6.45, 7) is 1.45. The molecule has 5 nitrogen and oxygen atoms in total. The average Bonchev–Trinajstić information content (AvgIpc) is 2.28. The lowest BCUT2D eigenvalue weighted by atomic mass is 9.95. The maximum absolute atomic E-state index is 11.5. The van der Waals surface area contributed by atoms with Crippen LogP contribution in [0.5, 0.6) is 0 Å². The highest BCUT2D eigenvalue weighted by Crippen LogP contribution is 2.26. The first-order valence-corrected chi connectivity index (χ1v) is 7.14. The Hall–Kier alpha value is -0.910. The largest absolute Gasteiger partial charge is 0.480 e. The molecule has 17 heavy (non-hydrogen) atoms. The molecule has 3 atom stereocenters. The van der Waals surface area contributed by atoms with Crippen LogP contribution in [-0.2, 0) is 4.79 Å². The summed E-state index contributed by atoms with van der Waals surface area (Å²) in [6.07, 6.45) is 6.35. The highest BCUT2D eigenvalue weighted by atomic mass is 32.2. The second kappa shape index (κ2) is 6.74. The van der Waals surface area contributed by atoms with E-state index in [1.165, 1.54) is 13.3 Å². The summed E-state index contributed by atoms with van der Waals surface area (Å²) in [5.74, 6) is -1.02. The smallest absolute Gasteiger partial charge is 0.325 e. The van der Waals surface area contributed by atoms with Gasteiger partial charge >= 0.3 is 12.0 Å². The normalized spacial score (nSPS) is 26.0. The van der Waals surface area contributed by atoms with Gasteiger partial charge in [-0.15, -0.1) is 0 Å². The Balaban J connectivity index is 2.33. The number of carbonyl (C=O) groups is 2. The van der Waals surface area contributed by atoms with Crippen LogP contribution >= 0.6 is 11.8 Å². The Morgan fingerprint density at radius 1 is 1.41 bits per heavy atom. The van der Waals surface area contributed by atoms with E-state index in [4.69, 9.17) is 5.11 Å². The predicted molar refractivity (Wildman–Crippen MR) is 68.3 cm³/mol. The number of thioether (sulfide) groups is 1. The minimum atomic E-state index is -1.02. The van der Waals surface area contributed by atoms with Crippen molar-refractivity contribution in [2.45, 2.75) is 49.9 Å². The molecule has 0 aliphatic heterocycles. The number of hydrogen-bond donors (Lipinski definition) is 3. The lowest BCUT2D eigenvalue weighted by Crippen LogP contribution is -2.49. The van der Waals surface area contributed by atoms with Crippen LogP contribution < -0.4 is 10.6 Å². The Morgan fingerprint density at radius 3 is 2.71 bits per heavy atom. The molecule has 1 aliphatic rings. The molecular weight excluding hydrogens is 240 g/mol. The summed E-state index contributed by atoms with van der Waals surface area (Å²) < 4.78 is 0. The minimum Gasteiger partial charge on any atom is -0.480 e. The molecular formula is C11H20N2O3S. The van der Waals surface area contributed by atoms with Crippen LogP contribution in [0.4, 0.5) is 4.79 Å². The number of hydrogen-bond acceptors (Lipinski definition) is 3. The van der Waals surface area contributed by atoms with Gasteiger partial charge in [-0.2, -0.15) is 11.8 Å². The second-order valence-corrected chi connectivity index (χ2v) is 5.54. The number of rotatable bonds is 4. The van der Waals surface area contributed by atoms with Crippen LogP contribution in [0, 0.1) is 0 Å². The van der Waals surface area contributed by atoms with E-state index in [0.29, 0.717) is 5.25 Å². The third-order valence-electron chi connectivity index (χ3n) is 3.01. The van der Waals surface area contributed by atoms with E-state index < -0.39 is 12.0 Å². The zero-order valence-corrected chi connectivity index (χ0v) is 11.0. The average molecular weight is 260 g/mol. The van der Waals surface area contributed by atoms with Gasteiger partial charge in [0, 0.05) is 11.3 Å². The highest BCUT2D eigenvalue weighted by Gasteiger charge is 2.23. The molecule has 1 rings (SSSR count). The summed E-state index contributed by atoms with van der Waals surface area (Å²) in [4.78, 5) is 22.1. The van der Waals surface area contributed by atoms with Gasteiger partial charge in [-0.3, -0.25) is 4.79 Å². The van der Waals surface area contributed by atoms with Gasteiger partial charge in [0.15, 0.2) is 0 Å². The molecule has 0 spiro atoms. The number of urea groups is 1. The number of nitrogens with one attached hydrogen (secondary N) is 2. The number of aliphatic carboxylic acids is 1. The van der Waals surface area contributed by atoms with E-state index in [9.17, 15) is 9.59 Å². The molecule has 0 saturated heterocycles. The summed E-state index contributed by atoms with van der Waals surface area (Å²) in [6, 6.07) is -1.07. The first kappa shape index (κ1) is 14.2. The summed E-state index contributed by atoms with van der Waals surface area (Å²) in [5, 5.41) is 14.5. The van der Waals surface area contributed by atoms with Gasteiger partial charge in [-0.05, 0) is 32.4 Å². The zero-order valence-electron chi connectivity index (χ0n) is 10.2. The zero-order chi connectivity index (χ0) is 12.8. The van der Waals surface area contributed by atoms with E-state index in [1.54, 1.807) is 0 Å². The van der Waals surface area contributed by atoms with Gasteiger partial charge in [0.1, 0.15) is 6.04 Å². The third-order valence-corrected chi connectivity index (χ3v) is 4.11. The van der Waals surface area contributed by atoms with Gasteiger partial charge in [-0.25, -0.2) is 4.79 Å². The molecule has 98 valence electrons. The van der Waals surface area contributed by atoms with E-state index in [-0.39, 0.29) is 12.1 Å². The molecule has 1 aliphatic carbocycles. The molecule has 0 aromatic rings. The summed E-state index contributed by atoms with van der Waals surface area (Å²) in [7, 11) is 0. The monoisotopic (exact) mass is 260 g/mol. The molecule has 0 bridgehead atoms. The van der Waals surface area contributed by atoms with Crippen LogP contribution in [-0.4, -0.2) is 40.7 Å². The Bertz CT molecular complexity index is 286. The van der Waals surface area contributed by atoms with Crippen molar-refractivity contribution in [3.8, 4) is 0 Å². The van der Waals surface area contributed by atoms with Crippen molar-refractivity contribution in [3.63, 3.8) is 0 Å². The van der Waals surface area contributed by atoms with Crippen molar-refractivity contribution in [1.82, 2.24) is 10.6 Å². The molecule has 0 aromatic heterocycles. The Morgan fingerprint density at radius 2 is 2.12 bits per heavy atom. The molecule has 2 amide bonds. The summed E-state index contributed by atoms with van der Waals surface area (Å²) in [5.41, 5.74) is 0. The second-order valence-electron chi connectivity index (χ2n) is 4.40. The predicted octanol–water partition coefficient (Wildman–Crippen LogP) is 1.43. The Labute approximate surface area is 106 Å². The summed E-state index contributed by atoms with van der Waals surface area (Å²) >= 11 is 1.83. The quantitative estimate of drug-likeness (QED) is 0.714. The first-order chi connectivity index (χ1) is 8.02. The fourth-order valence-corrected chi connectivity index (χ4v) is 2.80. The number of carbonyl (C=O) groups excluding carboxylic acids is 1. The van der Waals surface area contributed by atoms with Gasteiger partial charge < -0.3 is 15.7 Å². The molecule has 1 fully saturated rings. The topological polar surface area (TPSA) is 78.4 Å². The molecule has 1 saturated carbocycles. The molecule has 3 unspecified atom stereocenters. The van der Waals surface area contributed by atoms with E-state index in [2.05, 4.69) is 16.9 Å². The van der Waals surface area contributed by atoms with E-state index >= 15 is 0 Å². The molecule has 3 N–H and O–H groups in total.